The Bertz CT molecular complexity index is 686. The third-order valence-corrected chi connectivity index (χ3v) is 4.49. The van der Waals surface area contributed by atoms with Gasteiger partial charge in [-0.2, -0.15) is 0 Å². The van der Waals surface area contributed by atoms with Crippen molar-refractivity contribution in [2.75, 3.05) is 31.6 Å². The van der Waals surface area contributed by atoms with Gasteiger partial charge in [0.1, 0.15) is 5.75 Å². The highest BCUT2D eigenvalue weighted by Crippen LogP contribution is 2.31. The smallest absolute Gasteiger partial charge is 0.287 e. The maximum Gasteiger partial charge on any atom is 0.287 e. The molecule has 1 N–H and O–H groups in total. The van der Waals surface area contributed by atoms with Gasteiger partial charge in [-0.15, -0.1) is 0 Å². The number of carbonyl (C=O) groups excluding carboxylic acids is 1. The van der Waals surface area contributed by atoms with Crippen LogP contribution in [0.1, 0.15) is 17.0 Å². The van der Waals surface area contributed by atoms with Crippen LogP contribution in [0, 0.1) is 5.92 Å². The Morgan fingerprint density at radius 3 is 2.96 bits per heavy atom. The van der Waals surface area contributed by atoms with Gasteiger partial charge in [0.15, 0.2) is 10.4 Å². The van der Waals surface area contributed by atoms with Crippen molar-refractivity contribution in [3.63, 3.8) is 0 Å². The van der Waals surface area contributed by atoms with E-state index in [1.54, 1.807) is 19.2 Å². The molecule has 0 saturated carbocycles. The van der Waals surface area contributed by atoms with Gasteiger partial charge in [0.25, 0.3) is 5.91 Å². The zero-order chi connectivity index (χ0) is 16.2. The predicted octanol–water partition coefficient (Wildman–Crippen LogP) is 3.31. The summed E-state index contributed by atoms with van der Waals surface area (Å²) < 4.78 is 11.2. The zero-order valence-corrected chi connectivity index (χ0v) is 14.5. The molecule has 3 rings (SSSR count). The molecule has 0 bridgehead atoms. The summed E-state index contributed by atoms with van der Waals surface area (Å²) in [4.78, 5) is 14.3. The molecule has 0 aliphatic carbocycles. The molecule has 2 aromatic rings. The summed E-state index contributed by atoms with van der Waals surface area (Å²) in [6, 6.07) is 11.4. The topological polar surface area (TPSA) is 54.7 Å². The number of rotatable bonds is 5. The summed E-state index contributed by atoms with van der Waals surface area (Å²) >= 11 is 3.20. The summed E-state index contributed by atoms with van der Waals surface area (Å²) in [6.45, 7) is 2.51. The third kappa shape index (κ3) is 3.69. The number of furan rings is 1. The molecule has 1 aromatic carbocycles. The van der Waals surface area contributed by atoms with Crippen molar-refractivity contribution in [3.8, 4) is 5.75 Å². The highest BCUT2D eigenvalue weighted by atomic mass is 79.9. The number of nitrogens with one attached hydrogen (secondary N) is 1. The van der Waals surface area contributed by atoms with Gasteiger partial charge < -0.3 is 19.4 Å². The lowest BCUT2D eigenvalue weighted by Crippen LogP contribution is -2.30. The van der Waals surface area contributed by atoms with Gasteiger partial charge in [-0.25, -0.2) is 0 Å². The lowest BCUT2D eigenvalue weighted by molar-refractivity contribution is 0.0919. The largest absolute Gasteiger partial charge is 0.495 e. The van der Waals surface area contributed by atoms with Gasteiger partial charge in [0, 0.05) is 19.6 Å². The maximum atomic E-state index is 12.0. The molecule has 6 heteroatoms. The molecule has 1 aliphatic rings. The first-order valence-electron chi connectivity index (χ1n) is 7.59. The van der Waals surface area contributed by atoms with Crippen LogP contribution in [0.4, 0.5) is 5.69 Å². The van der Waals surface area contributed by atoms with E-state index in [-0.39, 0.29) is 5.91 Å². The van der Waals surface area contributed by atoms with E-state index in [0.29, 0.717) is 22.9 Å². The van der Waals surface area contributed by atoms with Crippen molar-refractivity contribution >= 4 is 27.5 Å². The van der Waals surface area contributed by atoms with Crippen molar-refractivity contribution in [1.29, 1.82) is 0 Å². The molecule has 5 nitrogen and oxygen atoms in total. The Morgan fingerprint density at radius 1 is 1.39 bits per heavy atom. The lowest BCUT2D eigenvalue weighted by atomic mass is 10.1. The quantitative estimate of drug-likeness (QED) is 0.866. The Morgan fingerprint density at radius 2 is 2.22 bits per heavy atom. The fraction of sp³-hybridized carbons (Fsp3) is 0.353. The van der Waals surface area contributed by atoms with Gasteiger partial charge in [-0.05, 0) is 52.5 Å². The molecule has 122 valence electrons. The molecule has 1 aliphatic heterocycles. The Balaban J connectivity index is 1.55. The predicted molar refractivity (Wildman–Crippen MR) is 92.1 cm³/mol. The van der Waals surface area contributed by atoms with Crippen molar-refractivity contribution < 1.29 is 13.9 Å². The molecule has 1 fully saturated rings. The first-order valence-corrected chi connectivity index (χ1v) is 8.38. The van der Waals surface area contributed by atoms with Gasteiger partial charge in [0.2, 0.25) is 0 Å². The van der Waals surface area contributed by atoms with Gasteiger partial charge in [0.05, 0.1) is 12.8 Å². The first-order chi connectivity index (χ1) is 11.2. The number of hydrogen-bond donors (Lipinski definition) is 1. The average Bonchev–Trinajstić information content (AvgIpc) is 3.21. The van der Waals surface area contributed by atoms with Crippen LogP contribution in [0.2, 0.25) is 0 Å². The average molecular weight is 379 g/mol. The van der Waals surface area contributed by atoms with Crippen LogP contribution in [0.15, 0.2) is 45.5 Å². The minimum Gasteiger partial charge on any atom is -0.495 e. The van der Waals surface area contributed by atoms with E-state index in [4.69, 9.17) is 9.15 Å². The van der Waals surface area contributed by atoms with E-state index in [9.17, 15) is 4.79 Å². The monoisotopic (exact) mass is 378 g/mol. The van der Waals surface area contributed by atoms with Crippen molar-refractivity contribution in [2.45, 2.75) is 6.42 Å². The standard InChI is InChI=1S/C17H19BrN2O3/c1-22-14-5-3-2-4-13(14)20-9-8-12(11-20)10-19-17(21)15-6-7-16(18)23-15/h2-7,12H,8-11H2,1H3,(H,19,21)/t12-/m1/s1. The number of amides is 1. The fourth-order valence-corrected chi connectivity index (χ4v) is 3.18. The normalized spacial score (nSPS) is 17.3. The lowest BCUT2D eigenvalue weighted by Gasteiger charge is -2.21. The minimum atomic E-state index is -0.175. The van der Waals surface area contributed by atoms with E-state index >= 15 is 0 Å². The van der Waals surface area contributed by atoms with Crippen LogP contribution >= 0.6 is 15.9 Å². The number of carbonyl (C=O) groups is 1. The van der Waals surface area contributed by atoms with E-state index in [0.717, 1.165) is 30.9 Å². The van der Waals surface area contributed by atoms with Gasteiger partial charge >= 0.3 is 0 Å². The highest BCUT2D eigenvalue weighted by Gasteiger charge is 2.25. The van der Waals surface area contributed by atoms with Crippen LogP contribution < -0.4 is 15.0 Å². The van der Waals surface area contributed by atoms with E-state index < -0.39 is 0 Å². The van der Waals surface area contributed by atoms with Crippen molar-refractivity contribution in [2.24, 2.45) is 5.92 Å². The van der Waals surface area contributed by atoms with Crippen molar-refractivity contribution in [3.05, 3.63) is 46.8 Å². The Hall–Kier alpha value is -1.95. The van der Waals surface area contributed by atoms with Crippen LogP contribution in [0.25, 0.3) is 0 Å². The number of anilines is 1. The number of hydrogen-bond acceptors (Lipinski definition) is 4. The Kier molecular flexibility index (Phi) is 4.91. The van der Waals surface area contributed by atoms with Crippen molar-refractivity contribution in [1.82, 2.24) is 5.32 Å². The second-order valence-electron chi connectivity index (χ2n) is 5.59. The second-order valence-corrected chi connectivity index (χ2v) is 6.37. The first kappa shape index (κ1) is 15.9. The molecule has 0 spiro atoms. The molecule has 0 radical (unpaired) electrons. The number of nitrogens with zero attached hydrogens (tertiary/aromatic N) is 1. The van der Waals surface area contributed by atoms with Gasteiger partial charge in [-0.3, -0.25) is 4.79 Å². The van der Waals surface area contributed by atoms with Crippen LogP contribution in [0.3, 0.4) is 0 Å². The second kappa shape index (κ2) is 7.08. The zero-order valence-electron chi connectivity index (χ0n) is 12.9. The summed E-state index contributed by atoms with van der Waals surface area (Å²) in [5.41, 5.74) is 1.11. The summed E-state index contributed by atoms with van der Waals surface area (Å²) in [6.07, 6.45) is 1.04. The molecule has 1 aromatic heterocycles. The van der Waals surface area contributed by atoms with E-state index in [1.165, 1.54) is 0 Å². The number of benzene rings is 1. The summed E-state index contributed by atoms with van der Waals surface area (Å²) in [7, 11) is 1.69. The molecule has 23 heavy (non-hydrogen) atoms. The molecule has 1 atom stereocenters. The molecule has 1 saturated heterocycles. The number of halogens is 1. The summed E-state index contributed by atoms with van der Waals surface area (Å²) in [5, 5.41) is 2.94. The van der Waals surface area contributed by atoms with Crippen LogP contribution in [-0.4, -0.2) is 32.7 Å². The van der Waals surface area contributed by atoms with E-state index in [2.05, 4.69) is 32.2 Å². The van der Waals surface area contributed by atoms with E-state index in [1.807, 2.05) is 18.2 Å². The molecule has 0 unspecified atom stereocenters. The Labute approximate surface area is 143 Å². The van der Waals surface area contributed by atoms with Crippen LogP contribution in [0.5, 0.6) is 5.75 Å². The molecular weight excluding hydrogens is 360 g/mol. The number of methoxy groups -OCH3 is 1. The number of ether oxygens (including phenoxy) is 1. The SMILES string of the molecule is COc1ccccc1N1CC[C@H](CNC(=O)c2ccc(Br)o2)C1. The third-order valence-electron chi connectivity index (χ3n) is 4.06. The van der Waals surface area contributed by atoms with Crippen LogP contribution in [-0.2, 0) is 0 Å². The highest BCUT2D eigenvalue weighted by molar-refractivity contribution is 9.10. The maximum absolute atomic E-state index is 12.0. The van der Waals surface area contributed by atoms with Gasteiger partial charge in [-0.1, -0.05) is 12.1 Å². The molecular formula is C17H19BrN2O3. The summed E-state index contributed by atoms with van der Waals surface area (Å²) in [5.74, 6) is 1.46. The fourth-order valence-electron chi connectivity index (χ4n) is 2.87. The number of para-hydroxylation sites is 2. The molecule has 2 heterocycles. The minimum absolute atomic E-state index is 0.175. The molecule has 1 amide bonds.